The molecular weight excluding hydrogens is 384 g/mol. The van der Waals surface area contributed by atoms with E-state index in [1.54, 1.807) is 0 Å². The van der Waals surface area contributed by atoms with Crippen LogP contribution in [-0.2, 0) is 0 Å². The first-order valence-electron chi connectivity index (χ1n) is 13.7. The number of carbonyl (C=O) groups excluding carboxylic acids is 1. The van der Waals surface area contributed by atoms with Gasteiger partial charge in [0, 0.05) is 44.9 Å². The Bertz CT molecular complexity index is 554. The van der Waals surface area contributed by atoms with Crippen molar-refractivity contribution in [3.8, 4) is 0 Å². The molecule has 0 spiro atoms. The molecular formula is C26H46N4O. The lowest BCUT2D eigenvalue weighted by atomic mass is 9.85. The van der Waals surface area contributed by atoms with Crippen LogP contribution in [0.3, 0.4) is 0 Å². The van der Waals surface area contributed by atoms with Gasteiger partial charge in [-0.1, -0.05) is 77.0 Å². The summed E-state index contributed by atoms with van der Waals surface area (Å²) < 4.78 is 0. The standard InChI is InChI=1S/C26H46N4O/c31-26(29-21-19-28(20-22-29)24-15-11-7-4-8-12-16-24)30-25(17-18-27-30)23-13-9-5-2-1-3-6-10-14-23/h18,23-25H,1-17,19-22H2. The normalized spacial score (nSPS) is 29.0. The Kier molecular flexibility index (Phi) is 9.10. The third kappa shape index (κ3) is 6.46. The summed E-state index contributed by atoms with van der Waals surface area (Å²) in [5, 5.41) is 6.49. The maximum atomic E-state index is 13.4. The van der Waals surface area contributed by atoms with Gasteiger partial charge < -0.3 is 4.90 Å². The van der Waals surface area contributed by atoms with Gasteiger partial charge in [-0.15, -0.1) is 0 Å². The topological polar surface area (TPSA) is 39.2 Å². The molecule has 1 unspecified atom stereocenters. The minimum absolute atomic E-state index is 0.174. The summed E-state index contributed by atoms with van der Waals surface area (Å²) in [6.45, 7) is 3.83. The lowest BCUT2D eigenvalue weighted by Crippen LogP contribution is -2.55. The van der Waals surface area contributed by atoms with Crippen LogP contribution in [0.2, 0.25) is 0 Å². The summed E-state index contributed by atoms with van der Waals surface area (Å²) in [5.41, 5.74) is 0. The number of nitrogens with zero attached hydrogens (tertiary/aromatic N) is 4. The molecule has 2 heterocycles. The number of rotatable bonds is 2. The zero-order valence-electron chi connectivity index (χ0n) is 19.9. The number of hydrogen-bond donors (Lipinski definition) is 0. The molecule has 2 amide bonds. The average Bonchev–Trinajstić information content (AvgIpc) is 3.27. The number of amides is 2. The van der Waals surface area contributed by atoms with E-state index in [4.69, 9.17) is 0 Å². The molecule has 0 aromatic heterocycles. The third-order valence-electron chi connectivity index (χ3n) is 8.43. The largest absolute Gasteiger partial charge is 0.340 e. The highest BCUT2D eigenvalue weighted by Crippen LogP contribution is 2.31. The number of carbonyl (C=O) groups is 1. The molecule has 0 bridgehead atoms. The molecule has 31 heavy (non-hydrogen) atoms. The van der Waals surface area contributed by atoms with Gasteiger partial charge in [0.05, 0.1) is 6.04 Å². The van der Waals surface area contributed by atoms with Crippen LogP contribution < -0.4 is 0 Å². The minimum Gasteiger partial charge on any atom is -0.321 e. The zero-order valence-corrected chi connectivity index (χ0v) is 19.9. The van der Waals surface area contributed by atoms with Crippen LogP contribution in [0.15, 0.2) is 5.10 Å². The van der Waals surface area contributed by atoms with Crippen LogP contribution in [0, 0.1) is 5.92 Å². The molecule has 4 rings (SSSR count). The van der Waals surface area contributed by atoms with E-state index < -0.39 is 0 Å². The molecule has 5 heteroatoms. The monoisotopic (exact) mass is 430 g/mol. The molecule has 2 aliphatic carbocycles. The van der Waals surface area contributed by atoms with Gasteiger partial charge in [0.2, 0.25) is 0 Å². The highest BCUT2D eigenvalue weighted by Gasteiger charge is 2.36. The van der Waals surface area contributed by atoms with E-state index >= 15 is 0 Å². The van der Waals surface area contributed by atoms with E-state index in [0.717, 1.165) is 38.6 Å². The van der Waals surface area contributed by atoms with Gasteiger partial charge in [0.15, 0.2) is 0 Å². The molecule has 0 N–H and O–H groups in total. The van der Waals surface area contributed by atoms with Crippen molar-refractivity contribution in [1.29, 1.82) is 0 Å². The van der Waals surface area contributed by atoms with Gasteiger partial charge in [-0.3, -0.25) is 4.90 Å². The highest BCUT2D eigenvalue weighted by molar-refractivity contribution is 5.78. The van der Waals surface area contributed by atoms with Gasteiger partial charge in [-0.05, 0) is 31.6 Å². The van der Waals surface area contributed by atoms with Crippen molar-refractivity contribution in [2.24, 2.45) is 11.0 Å². The summed E-state index contributed by atoms with van der Waals surface area (Å²) in [4.78, 5) is 18.2. The van der Waals surface area contributed by atoms with Crippen molar-refractivity contribution >= 4 is 12.2 Å². The molecule has 3 fully saturated rings. The zero-order chi connectivity index (χ0) is 21.3. The Morgan fingerprint density at radius 2 is 1.19 bits per heavy atom. The van der Waals surface area contributed by atoms with Crippen molar-refractivity contribution in [3.05, 3.63) is 0 Å². The minimum atomic E-state index is 0.174. The SMILES string of the molecule is O=C(N1CCN(C2CCCCCCC2)CC1)N1N=CCC1C1CCCCCCCCC1. The van der Waals surface area contributed by atoms with E-state index in [2.05, 4.69) is 14.9 Å². The van der Waals surface area contributed by atoms with Gasteiger partial charge >= 0.3 is 6.03 Å². The van der Waals surface area contributed by atoms with Crippen LogP contribution in [0.4, 0.5) is 4.79 Å². The fourth-order valence-corrected chi connectivity index (χ4v) is 6.46. The summed E-state index contributed by atoms with van der Waals surface area (Å²) in [7, 11) is 0. The summed E-state index contributed by atoms with van der Waals surface area (Å²) in [6, 6.07) is 1.22. The fourth-order valence-electron chi connectivity index (χ4n) is 6.46. The average molecular weight is 431 g/mol. The smallest absolute Gasteiger partial charge is 0.321 e. The van der Waals surface area contributed by atoms with Crippen LogP contribution in [0.5, 0.6) is 0 Å². The third-order valence-corrected chi connectivity index (χ3v) is 8.43. The maximum Gasteiger partial charge on any atom is 0.340 e. The quantitative estimate of drug-likeness (QED) is 0.536. The van der Waals surface area contributed by atoms with Crippen molar-refractivity contribution in [2.45, 2.75) is 121 Å². The van der Waals surface area contributed by atoms with Crippen molar-refractivity contribution in [1.82, 2.24) is 14.8 Å². The van der Waals surface area contributed by atoms with E-state index in [1.165, 1.54) is 103 Å². The summed E-state index contributed by atoms with van der Waals surface area (Å²) in [5.74, 6) is 0.626. The Hall–Kier alpha value is -1.10. The van der Waals surface area contributed by atoms with E-state index in [0.29, 0.717) is 12.0 Å². The second-order valence-electron chi connectivity index (χ2n) is 10.6. The predicted octanol–water partition coefficient (Wildman–Crippen LogP) is 6.04. The first-order valence-corrected chi connectivity index (χ1v) is 13.7. The maximum absolute atomic E-state index is 13.4. The Labute approximate surface area is 190 Å². The van der Waals surface area contributed by atoms with Crippen molar-refractivity contribution < 1.29 is 4.79 Å². The molecule has 176 valence electrons. The molecule has 1 atom stereocenters. The van der Waals surface area contributed by atoms with Crippen LogP contribution in [0.1, 0.15) is 109 Å². The second-order valence-corrected chi connectivity index (χ2v) is 10.6. The lowest BCUT2D eigenvalue weighted by Gasteiger charge is -2.41. The van der Waals surface area contributed by atoms with E-state index in [-0.39, 0.29) is 6.03 Å². The Morgan fingerprint density at radius 1 is 0.677 bits per heavy atom. The lowest BCUT2D eigenvalue weighted by molar-refractivity contribution is 0.0708. The van der Waals surface area contributed by atoms with Gasteiger partial charge in [-0.2, -0.15) is 5.10 Å². The second kappa shape index (κ2) is 12.2. The Balaban J connectivity index is 1.29. The van der Waals surface area contributed by atoms with E-state index in [1.807, 2.05) is 11.2 Å². The fraction of sp³-hybridized carbons (Fsp3) is 0.923. The molecule has 0 aromatic carbocycles. The van der Waals surface area contributed by atoms with Gasteiger partial charge in [-0.25, -0.2) is 9.80 Å². The van der Waals surface area contributed by atoms with Gasteiger partial charge in [0.25, 0.3) is 0 Å². The molecule has 5 nitrogen and oxygen atoms in total. The van der Waals surface area contributed by atoms with Crippen LogP contribution in [-0.4, -0.2) is 65.3 Å². The highest BCUT2D eigenvalue weighted by atomic mass is 16.2. The summed E-state index contributed by atoms with van der Waals surface area (Å²) >= 11 is 0. The Morgan fingerprint density at radius 3 is 1.77 bits per heavy atom. The first-order chi connectivity index (χ1) is 15.3. The number of hydrazone groups is 1. The molecule has 2 aliphatic heterocycles. The molecule has 1 saturated heterocycles. The number of piperazine rings is 1. The number of urea groups is 1. The predicted molar refractivity (Wildman–Crippen MR) is 128 cm³/mol. The molecule has 0 radical (unpaired) electrons. The number of hydrogen-bond acceptors (Lipinski definition) is 3. The van der Waals surface area contributed by atoms with Crippen LogP contribution >= 0.6 is 0 Å². The molecule has 0 aromatic rings. The molecule has 2 saturated carbocycles. The van der Waals surface area contributed by atoms with E-state index in [9.17, 15) is 4.79 Å². The molecule has 4 aliphatic rings. The summed E-state index contributed by atoms with van der Waals surface area (Å²) in [6.07, 6.45) is 24.8. The van der Waals surface area contributed by atoms with Crippen molar-refractivity contribution in [3.63, 3.8) is 0 Å². The van der Waals surface area contributed by atoms with Crippen LogP contribution in [0.25, 0.3) is 0 Å². The van der Waals surface area contributed by atoms with Crippen molar-refractivity contribution in [2.75, 3.05) is 26.2 Å². The van der Waals surface area contributed by atoms with Gasteiger partial charge in [0.1, 0.15) is 0 Å². The first kappa shape index (κ1) is 23.1.